The van der Waals surface area contributed by atoms with Gasteiger partial charge >= 0.3 is 27.6 Å². The first-order valence-corrected chi connectivity index (χ1v) is 23.3. The third-order valence-corrected chi connectivity index (χ3v) is 11.0. The third-order valence-electron chi connectivity index (χ3n) is 9.53. The Morgan fingerprint density at radius 2 is 0.945 bits per heavy atom. The molecule has 0 aromatic carbocycles. The maximum Gasteiger partial charge on any atom is 0.472 e. The van der Waals surface area contributed by atoms with Gasteiger partial charge in [0.2, 0.25) is 0 Å². The van der Waals surface area contributed by atoms with Gasteiger partial charge in [-0.15, -0.1) is 0 Å². The zero-order valence-electron chi connectivity index (χ0n) is 32.7. The van der Waals surface area contributed by atoms with Gasteiger partial charge in [0.15, 0.2) is 6.10 Å². The van der Waals surface area contributed by atoms with Crippen LogP contribution >= 0.6 is 15.6 Å². The Labute approximate surface area is 326 Å². The highest BCUT2D eigenvalue weighted by atomic mass is 31.2. The van der Waals surface area contributed by atoms with Gasteiger partial charge in [-0.05, 0) is 25.8 Å². The number of nitrogens with two attached hydrogens (primary N) is 1. The molecular formula is C36H71NO16P2. The number of unbranched alkanes of at least 4 members (excludes halogenated alkanes) is 19. The van der Waals surface area contributed by atoms with Crippen LogP contribution in [-0.4, -0.2) is 110 Å². The molecule has 1 saturated carbocycles. The maximum absolute atomic E-state index is 12.9. The fourth-order valence-corrected chi connectivity index (χ4v) is 7.87. The smallest absolute Gasteiger partial charge is 0.462 e. The van der Waals surface area contributed by atoms with Crippen molar-refractivity contribution in [2.45, 2.75) is 197 Å². The minimum atomic E-state index is -5.30. The summed E-state index contributed by atoms with van der Waals surface area (Å²) in [5.74, 6) is -1.21. The van der Waals surface area contributed by atoms with Crippen molar-refractivity contribution in [3.8, 4) is 0 Å². The van der Waals surface area contributed by atoms with E-state index >= 15 is 0 Å². The molecule has 1 aliphatic rings. The number of carbonyl (C=O) groups excluding carboxylic acids is 2. The average molecular weight is 836 g/mol. The molecular weight excluding hydrogens is 764 g/mol. The molecule has 326 valence electrons. The molecule has 0 aliphatic heterocycles. The lowest BCUT2D eigenvalue weighted by Crippen LogP contribution is -2.64. The van der Waals surface area contributed by atoms with Crippen molar-refractivity contribution in [2.24, 2.45) is 5.73 Å². The highest BCUT2D eigenvalue weighted by molar-refractivity contribution is 7.47. The molecule has 0 saturated heterocycles. The molecule has 0 aromatic rings. The summed E-state index contributed by atoms with van der Waals surface area (Å²) in [5.41, 5.74) is 5.51. The fourth-order valence-electron chi connectivity index (χ4n) is 6.33. The van der Waals surface area contributed by atoms with Crippen molar-refractivity contribution in [3.05, 3.63) is 0 Å². The summed E-state index contributed by atoms with van der Waals surface area (Å²) >= 11 is 0. The molecule has 17 nitrogen and oxygen atoms in total. The van der Waals surface area contributed by atoms with E-state index in [0.29, 0.717) is 19.4 Å². The number of hydrogen-bond acceptors (Lipinski definition) is 14. The van der Waals surface area contributed by atoms with Crippen molar-refractivity contribution in [1.82, 2.24) is 0 Å². The summed E-state index contributed by atoms with van der Waals surface area (Å²) in [6, 6.07) is 0. The number of phosphoric ester groups is 2. The predicted octanol–water partition coefficient (Wildman–Crippen LogP) is 4.83. The number of hydrogen-bond donors (Lipinski definition) is 8. The Morgan fingerprint density at radius 3 is 1.36 bits per heavy atom. The van der Waals surface area contributed by atoms with E-state index < -0.39 is 83.5 Å². The topological polar surface area (TPSA) is 282 Å². The summed E-state index contributed by atoms with van der Waals surface area (Å²) in [5, 5.41) is 41.2. The second-order valence-electron chi connectivity index (χ2n) is 14.5. The van der Waals surface area contributed by atoms with Crippen LogP contribution in [0.1, 0.15) is 155 Å². The lowest BCUT2D eigenvalue weighted by atomic mass is 9.85. The molecule has 1 fully saturated rings. The number of esters is 2. The average Bonchev–Trinajstić information content (AvgIpc) is 3.13. The Balaban J connectivity index is 2.64. The fraction of sp³-hybridized carbons (Fsp3) is 0.944. The lowest BCUT2D eigenvalue weighted by Gasteiger charge is -2.43. The second kappa shape index (κ2) is 30.1. The van der Waals surface area contributed by atoms with Gasteiger partial charge in [0, 0.05) is 12.8 Å². The summed E-state index contributed by atoms with van der Waals surface area (Å²) in [7, 11) is -10.6. The highest BCUT2D eigenvalue weighted by Crippen LogP contribution is 2.48. The first-order chi connectivity index (χ1) is 26.1. The summed E-state index contributed by atoms with van der Waals surface area (Å²) in [4.78, 5) is 53.6. The van der Waals surface area contributed by atoms with Crippen molar-refractivity contribution in [3.63, 3.8) is 0 Å². The van der Waals surface area contributed by atoms with Crippen molar-refractivity contribution < 1.29 is 76.9 Å². The van der Waals surface area contributed by atoms with Gasteiger partial charge in [-0.25, -0.2) is 9.13 Å². The molecule has 0 radical (unpaired) electrons. The van der Waals surface area contributed by atoms with Crippen molar-refractivity contribution in [2.75, 3.05) is 19.8 Å². The van der Waals surface area contributed by atoms with Crippen LogP contribution in [-0.2, 0) is 41.8 Å². The van der Waals surface area contributed by atoms with Crippen LogP contribution in [0, 0.1) is 0 Å². The molecule has 0 spiro atoms. The number of aliphatic hydroxyl groups is 4. The van der Waals surface area contributed by atoms with Crippen LogP contribution in [0.2, 0.25) is 0 Å². The normalized spacial score (nSPS) is 23.3. The van der Waals surface area contributed by atoms with Gasteiger partial charge in [0.05, 0.1) is 6.61 Å². The number of aliphatic hydroxyl groups excluding tert-OH is 4. The van der Waals surface area contributed by atoms with E-state index in [1.807, 2.05) is 0 Å². The zero-order chi connectivity index (χ0) is 41.1. The van der Waals surface area contributed by atoms with E-state index in [2.05, 4.69) is 11.4 Å². The molecule has 0 aromatic heterocycles. The lowest BCUT2D eigenvalue weighted by molar-refractivity contribution is -0.216. The molecule has 19 heteroatoms. The minimum absolute atomic E-state index is 0.0514. The van der Waals surface area contributed by atoms with Crippen LogP contribution in [0.25, 0.3) is 0 Å². The van der Waals surface area contributed by atoms with Crippen LogP contribution in [0.4, 0.5) is 0 Å². The summed E-state index contributed by atoms with van der Waals surface area (Å²) < 4.78 is 48.8. The molecule has 1 rings (SSSR count). The van der Waals surface area contributed by atoms with Crippen molar-refractivity contribution in [1.29, 1.82) is 0 Å². The van der Waals surface area contributed by atoms with E-state index in [1.165, 1.54) is 51.4 Å². The van der Waals surface area contributed by atoms with E-state index in [0.717, 1.165) is 70.6 Å². The Bertz CT molecular complexity index is 1100. The van der Waals surface area contributed by atoms with Crippen LogP contribution < -0.4 is 5.73 Å². The first kappa shape index (κ1) is 52.0. The van der Waals surface area contributed by atoms with Crippen LogP contribution in [0.5, 0.6) is 0 Å². The molecule has 8 atom stereocenters. The summed E-state index contributed by atoms with van der Waals surface area (Å²) in [6.07, 6.45) is 7.78. The number of ether oxygens (including phenoxy) is 2. The minimum Gasteiger partial charge on any atom is -0.462 e. The largest absolute Gasteiger partial charge is 0.472 e. The Hall–Kier alpha value is -1.04. The number of phosphoric acid groups is 2. The quantitative estimate of drug-likeness (QED) is 0.0245. The van der Waals surface area contributed by atoms with E-state index in [9.17, 15) is 44.0 Å². The SMILES string of the molecule is CCCCCCCCCCCCCCCC(=O)O[C@H](COC(=O)CCCCCCCCCCN)COP(=O)(O)OC1C(O)[C@@H](O)C(OP(=O)(O)O)[C@@H](O)[C@H]1O. The van der Waals surface area contributed by atoms with E-state index in [1.54, 1.807) is 0 Å². The molecule has 9 N–H and O–H groups in total. The van der Waals surface area contributed by atoms with Gasteiger partial charge in [0.25, 0.3) is 0 Å². The monoisotopic (exact) mass is 835 g/mol. The van der Waals surface area contributed by atoms with E-state index in [-0.39, 0.29) is 12.8 Å². The molecule has 4 unspecified atom stereocenters. The van der Waals surface area contributed by atoms with Gasteiger partial charge in [-0.1, -0.05) is 122 Å². The van der Waals surface area contributed by atoms with Gasteiger partial charge < -0.3 is 50.3 Å². The van der Waals surface area contributed by atoms with Gasteiger partial charge in [-0.3, -0.25) is 23.2 Å². The molecule has 0 amide bonds. The molecule has 1 aliphatic carbocycles. The molecule has 0 bridgehead atoms. The number of rotatable bonds is 34. The molecule has 55 heavy (non-hydrogen) atoms. The predicted molar refractivity (Wildman–Crippen MR) is 203 cm³/mol. The first-order valence-electron chi connectivity index (χ1n) is 20.3. The standard InChI is InChI=1S/C36H71NO16P2/c1-2-3-4-5-6-7-8-9-10-11-15-18-21-24-30(39)51-28(26-49-29(38)23-20-17-14-12-13-16-19-22-25-37)27-50-55(47,48)53-36-33(42)31(40)35(32(41)34(36)43)52-54(44,45)46/h28,31-36,40-43H,2-27,37H2,1H3,(H,47,48)(H2,44,45,46)/t28-,31-,32+,33?,34-,35?,36?/m1/s1. The van der Waals surface area contributed by atoms with Crippen LogP contribution in [0.3, 0.4) is 0 Å². The third kappa shape index (κ3) is 25.1. The van der Waals surface area contributed by atoms with Gasteiger partial charge in [-0.2, -0.15) is 0 Å². The van der Waals surface area contributed by atoms with Gasteiger partial charge in [0.1, 0.15) is 43.2 Å². The Morgan fingerprint density at radius 1 is 0.564 bits per heavy atom. The Kier molecular flexibility index (Phi) is 28.4. The van der Waals surface area contributed by atoms with Crippen LogP contribution in [0.15, 0.2) is 0 Å². The second-order valence-corrected chi connectivity index (χ2v) is 17.1. The van der Waals surface area contributed by atoms with E-state index in [4.69, 9.17) is 34.0 Å². The summed E-state index contributed by atoms with van der Waals surface area (Å²) in [6.45, 7) is 1.58. The molecule has 0 heterocycles. The van der Waals surface area contributed by atoms with Crippen molar-refractivity contribution >= 4 is 27.6 Å². The number of carbonyl (C=O) groups is 2. The zero-order valence-corrected chi connectivity index (χ0v) is 34.5. The maximum atomic E-state index is 12.9. The highest BCUT2D eigenvalue weighted by Gasteiger charge is 2.54.